The quantitative estimate of drug-likeness (QED) is 0.761. The Balaban J connectivity index is 1.74. The summed E-state index contributed by atoms with van der Waals surface area (Å²) in [7, 11) is 2.26. The molecule has 2 aliphatic heterocycles. The van der Waals surface area contributed by atoms with Crippen molar-refractivity contribution in [2.24, 2.45) is 17.3 Å². The normalized spacial score (nSPS) is 27.8. The van der Waals surface area contributed by atoms with Crippen molar-refractivity contribution in [2.45, 2.75) is 46.5 Å². The molecule has 2 aliphatic rings. The van der Waals surface area contributed by atoms with Gasteiger partial charge in [0.05, 0.1) is 0 Å². The van der Waals surface area contributed by atoms with Crippen molar-refractivity contribution in [2.75, 3.05) is 39.8 Å². The zero-order chi connectivity index (χ0) is 13.2. The summed E-state index contributed by atoms with van der Waals surface area (Å²) in [6.45, 7) is 13.9. The molecule has 2 heterocycles. The predicted molar refractivity (Wildman–Crippen MR) is 78.8 cm³/mol. The van der Waals surface area contributed by atoms with E-state index >= 15 is 0 Å². The van der Waals surface area contributed by atoms with Crippen LogP contribution >= 0.6 is 0 Å². The molecule has 0 radical (unpaired) electrons. The van der Waals surface area contributed by atoms with Crippen LogP contribution < -0.4 is 0 Å². The van der Waals surface area contributed by atoms with E-state index in [4.69, 9.17) is 0 Å². The maximum atomic E-state index is 2.74. The van der Waals surface area contributed by atoms with E-state index in [9.17, 15) is 0 Å². The molecule has 0 amide bonds. The first-order valence-corrected chi connectivity index (χ1v) is 7.90. The van der Waals surface area contributed by atoms with Gasteiger partial charge in [0.1, 0.15) is 0 Å². The number of rotatable bonds is 3. The second-order valence-electron chi connectivity index (χ2n) is 7.36. The van der Waals surface area contributed by atoms with Crippen LogP contribution in [0.5, 0.6) is 0 Å². The van der Waals surface area contributed by atoms with Gasteiger partial charge in [-0.25, -0.2) is 0 Å². The highest BCUT2D eigenvalue weighted by atomic mass is 15.1. The Morgan fingerprint density at radius 1 is 1.06 bits per heavy atom. The first-order chi connectivity index (χ1) is 8.49. The molecule has 0 aromatic heterocycles. The Morgan fingerprint density at radius 3 is 2.11 bits per heavy atom. The summed E-state index contributed by atoms with van der Waals surface area (Å²) in [5.41, 5.74) is 0.600. The summed E-state index contributed by atoms with van der Waals surface area (Å²) in [4.78, 5) is 5.21. The molecule has 2 saturated heterocycles. The minimum Gasteiger partial charge on any atom is -0.306 e. The van der Waals surface area contributed by atoms with Crippen LogP contribution in [0.4, 0.5) is 0 Å². The van der Waals surface area contributed by atoms with Gasteiger partial charge < -0.3 is 9.80 Å². The lowest BCUT2D eigenvalue weighted by Crippen LogP contribution is -2.44. The first-order valence-electron chi connectivity index (χ1n) is 7.90. The van der Waals surface area contributed by atoms with Crippen LogP contribution in [0.3, 0.4) is 0 Å². The molecule has 0 aliphatic carbocycles. The molecule has 2 rings (SSSR count). The zero-order valence-corrected chi connectivity index (χ0v) is 12.9. The van der Waals surface area contributed by atoms with Crippen molar-refractivity contribution in [3.05, 3.63) is 0 Å². The third kappa shape index (κ3) is 3.48. The second-order valence-corrected chi connectivity index (χ2v) is 7.36. The number of piperidine rings is 2. The van der Waals surface area contributed by atoms with Gasteiger partial charge in [-0.1, -0.05) is 20.8 Å². The van der Waals surface area contributed by atoms with Crippen molar-refractivity contribution in [1.29, 1.82) is 0 Å². The molecular formula is C16H32N2. The lowest BCUT2D eigenvalue weighted by atomic mass is 9.72. The number of hydrogen-bond acceptors (Lipinski definition) is 2. The van der Waals surface area contributed by atoms with Gasteiger partial charge in [0.2, 0.25) is 0 Å². The van der Waals surface area contributed by atoms with Gasteiger partial charge in [-0.3, -0.25) is 0 Å². The van der Waals surface area contributed by atoms with Crippen LogP contribution in [0.2, 0.25) is 0 Å². The summed E-state index contributed by atoms with van der Waals surface area (Å²) in [6.07, 6.45) is 5.62. The molecule has 0 atom stereocenters. The van der Waals surface area contributed by atoms with Gasteiger partial charge in [0.15, 0.2) is 0 Å². The van der Waals surface area contributed by atoms with Crippen LogP contribution in [-0.2, 0) is 0 Å². The van der Waals surface area contributed by atoms with Crippen LogP contribution in [-0.4, -0.2) is 49.6 Å². The highest BCUT2D eigenvalue weighted by molar-refractivity contribution is 4.85. The molecule has 2 fully saturated rings. The maximum absolute atomic E-state index is 2.74. The molecule has 2 heteroatoms. The summed E-state index contributed by atoms with van der Waals surface area (Å²) >= 11 is 0. The van der Waals surface area contributed by atoms with Gasteiger partial charge in [-0.15, -0.1) is 0 Å². The fourth-order valence-electron chi connectivity index (χ4n) is 3.43. The molecule has 0 saturated carbocycles. The fourth-order valence-corrected chi connectivity index (χ4v) is 3.43. The molecule has 0 spiro atoms. The summed E-state index contributed by atoms with van der Waals surface area (Å²) in [5, 5.41) is 0. The van der Waals surface area contributed by atoms with Crippen molar-refractivity contribution < 1.29 is 0 Å². The predicted octanol–water partition coefficient (Wildman–Crippen LogP) is 3.09. The smallest absolute Gasteiger partial charge is 0.00106 e. The minimum absolute atomic E-state index is 0.600. The van der Waals surface area contributed by atoms with E-state index in [0.717, 1.165) is 11.8 Å². The average molecular weight is 252 g/mol. The molecule has 18 heavy (non-hydrogen) atoms. The lowest BCUT2D eigenvalue weighted by Gasteiger charge is -2.43. The SMILES string of the molecule is CC(C)C1(C)CCN(CC2CCN(C)CC2)CC1. The average Bonchev–Trinajstić information content (AvgIpc) is 2.35. The monoisotopic (exact) mass is 252 g/mol. The molecular weight excluding hydrogens is 220 g/mol. The Bertz CT molecular complexity index is 246. The van der Waals surface area contributed by atoms with Crippen molar-refractivity contribution in [3.63, 3.8) is 0 Å². The van der Waals surface area contributed by atoms with E-state index in [-0.39, 0.29) is 0 Å². The van der Waals surface area contributed by atoms with Crippen LogP contribution in [0.1, 0.15) is 46.5 Å². The second kappa shape index (κ2) is 5.92. The number of hydrogen-bond donors (Lipinski definition) is 0. The van der Waals surface area contributed by atoms with Gasteiger partial charge in [0.25, 0.3) is 0 Å². The third-order valence-corrected chi connectivity index (χ3v) is 5.75. The first kappa shape index (κ1) is 14.3. The standard InChI is InChI=1S/C16H32N2/c1-14(2)16(3)7-11-18(12-8-16)13-15-5-9-17(4)10-6-15/h14-15H,5-13H2,1-4H3. The van der Waals surface area contributed by atoms with Gasteiger partial charge >= 0.3 is 0 Å². The number of nitrogens with zero attached hydrogens (tertiary/aromatic N) is 2. The van der Waals surface area contributed by atoms with Crippen LogP contribution in [0.15, 0.2) is 0 Å². The minimum atomic E-state index is 0.600. The van der Waals surface area contributed by atoms with Gasteiger partial charge in [0, 0.05) is 6.54 Å². The Morgan fingerprint density at radius 2 is 1.61 bits per heavy atom. The molecule has 0 aromatic carbocycles. The summed E-state index contributed by atoms with van der Waals surface area (Å²) in [6, 6.07) is 0. The fraction of sp³-hybridized carbons (Fsp3) is 1.00. The molecule has 2 nitrogen and oxygen atoms in total. The number of likely N-dealkylation sites (tertiary alicyclic amines) is 2. The topological polar surface area (TPSA) is 6.48 Å². The van der Waals surface area contributed by atoms with E-state index in [1.54, 1.807) is 0 Å². The zero-order valence-electron chi connectivity index (χ0n) is 12.9. The van der Waals surface area contributed by atoms with E-state index in [1.165, 1.54) is 58.4 Å². The van der Waals surface area contributed by atoms with Crippen molar-refractivity contribution in [1.82, 2.24) is 9.80 Å². The van der Waals surface area contributed by atoms with Crippen molar-refractivity contribution >= 4 is 0 Å². The van der Waals surface area contributed by atoms with E-state index in [1.807, 2.05) is 0 Å². The summed E-state index contributed by atoms with van der Waals surface area (Å²) < 4.78 is 0. The Kier molecular flexibility index (Phi) is 4.71. The molecule has 0 N–H and O–H groups in total. The molecule has 106 valence electrons. The van der Waals surface area contributed by atoms with Gasteiger partial charge in [-0.2, -0.15) is 0 Å². The molecule has 0 bridgehead atoms. The van der Waals surface area contributed by atoms with E-state index in [0.29, 0.717) is 5.41 Å². The highest BCUT2D eigenvalue weighted by Gasteiger charge is 2.33. The van der Waals surface area contributed by atoms with E-state index < -0.39 is 0 Å². The largest absolute Gasteiger partial charge is 0.306 e. The van der Waals surface area contributed by atoms with Crippen LogP contribution in [0, 0.1) is 17.3 Å². The van der Waals surface area contributed by atoms with Crippen molar-refractivity contribution in [3.8, 4) is 0 Å². The molecule has 0 aromatic rings. The Hall–Kier alpha value is -0.0800. The Labute approximate surface area is 114 Å². The van der Waals surface area contributed by atoms with Gasteiger partial charge in [-0.05, 0) is 76.2 Å². The van der Waals surface area contributed by atoms with E-state index in [2.05, 4.69) is 37.6 Å². The third-order valence-electron chi connectivity index (χ3n) is 5.75. The summed E-state index contributed by atoms with van der Waals surface area (Å²) in [5.74, 6) is 1.80. The lowest BCUT2D eigenvalue weighted by molar-refractivity contribution is 0.0606. The van der Waals surface area contributed by atoms with Crippen LogP contribution in [0.25, 0.3) is 0 Å². The maximum Gasteiger partial charge on any atom is 0.00106 e. The highest BCUT2D eigenvalue weighted by Crippen LogP contribution is 2.38. The molecule has 0 unspecified atom stereocenters.